The number of hydrogen-bond acceptors (Lipinski definition) is 3. The van der Waals surface area contributed by atoms with E-state index in [-0.39, 0.29) is 5.97 Å². The van der Waals surface area contributed by atoms with Crippen molar-refractivity contribution in [1.82, 2.24) is 4.57 Å². The van der Waals surface area contributed by atoms with Crippen LogP contribution in [0.1, 0.15) is 21.6 Å². The van der Waals surface area contributed by atoms with Crippen molar-refractivity contribution in [2.75, 3.05) is 7.11 Å². The minimum absolute atomic E-state index is 0.364. The summed E-state index contributed by atoms with van der Waals surface area (Å²) < 4.78 is 6.58. The molecule has 2 rings (SSSR count). The maximum atomic E-state index is 11.4. The molecule has 0 fully saturated rings. The van der Waals surface area contributed by atoms with Gasteiger partial charge in [-0.1, -0.05) is 12.1 Å². The summed E-state index contributed by atoms with van der Waals surface area (Å²) in [6, 6.07) is 9.26. The van der Waals surface area contributed by atoms with Crippen LogP contribution in [-0.2, 0) is 11.8 Å². The van der Waals surface area contributed by atoms with E-state index in [9.17, 15) is 4.79 Å². The predicted octanol–water partition coefficient (Wildman–Crippen LogP) is 2.66. The first-order valence-corrected chi connectivity index (χ1v) is 5.83. The fraction of sp³-hybridized carbons (Fsp3) is 0.200. The lowest BCUT2D eigenvalue weighted by Crippen LogP contribution is -2.00. The van der Waals surface area contributed by atoms with Crippen LogP contribution in [0, 0.1) is 18.3 Å². The molecule has 0 bridgehead atoms. The molecule has 4 nitrogen and oxygen atoms in total. The lowest BCUT2D eigenvalue weighted by molar-refractivity contribution is 0.0601. The number of esters is 1. The van der Waals surface area contributed by atoms with Crippen LogP contribution >= 0.6 is 0 Å². The Balaban J connectivity index is 2.49. The average Bonchev–Trinajstić information content (AvgIpc) is 2.73. The van der Waals surface area contributed by atoms with E-state index in [2.05, 4.69) is 10.8 Å². The van der Waals surface area contributed by atoms with Crippen LogP contribution in [0.2, 0.25) is 0 Å². The summed E-state index contributed by atoms with van der Waals surface area (Å²) in [5, 5.41) is 9.16. The Labute approximate surface area is 111 Å². The van der Waals surface area contributed by atoms with Crippen LogP contribution in [0.3, 0.4) is 0 Å². The molecule has 0 saturated carbocycles. The number of nitriles is 1. The molecule has 4 heteroatoms. The van der Waals surface area contributed by atoms with Gasteiger partial charge in [-0.25, -0.2) is 4.79 Å². The quantitative estimate of drug-likeness (QED) is 0.774. The standard InChI is InChI=1S/C15H14N2O2/c1-10-14(13(8-16)9-17(10)2)11-4-6-12(7-5-11)15(18)19-3/h4-7,9H,1-3H3. The molecule has 0 radical (unpaired) electrons. The van der Waals surface area contributed by atoms with E-state index in [1.165, 1.54) is 7.11 Å². The molecular weight excluding hydrogens is 240 g/mol. The highest BCUT2D eigenvalue weighted by molar-refractivity contribution is 5.90. The van der Waals surface area contributed by atoms with Crippen molar-refractivity contribution in [3.05, 3.63) is 47.3 Å². The van der Waals surface area contributed by atoms with Gasteiger partial charge in [0, 0.05) is 24.5 Å². The number of methoxy groups -OCH3 is 1. The second-order valence-corrected chi connectivity index (χ2v) is 4.29. The minimum atomic E-state index is -0.364. The van der Waals surface area contributed by atoms with Gasteiger partial charge >= 0.3 is 5.97 Å². The second-order valence-electron chi connectivity index (χ2n) is 4.29. The van der Waals surface area contributed by atoms with Crippen molar-refractivity contribution >= 4 is 5.97 Å². The van der Waals surface area contributed by atoms with Crippen LogP contribution in [0.25, 0.3) is 11.1 Å². The Morgan fingerprint density at radius 3 is 2.47 bits per heavy atom. The molecule has 0 N–H and O–H groups in total. The lowest BCUT2D eigenvalue weighted by atomic mass is 10.0. The monoisotopic (exact) mass is 254 g/mol. The van der Waals surface area contributed by atoms with Crippen LogP contribution in [0.5, 0.6) is 0 Å². The number of nitrogens with zero attached hydrogens (tertiary/aromatic N) is 2. The Bertz CT molecular complexity index is 661. The number of aromatic nitrogens is 1. The van der Waals surface area contributed by atoms with Gasteiger partial charge in [-0.3, -0.25) is 0 Å². The number of rotatable bonds is 2. The van der Waals surface area contributed by atoms with E-state index < -0.39 is 0 Å². The summed E-state index contributed by atoms with van der Waals surface area (Å²) in [7, 11) is 3.26. The smallest absolute Gasteiger partial charge is 0.337 e. The molecule has 0 aliphatic rings. The van der Waals surface area contributed by atoms with Gasteiger partial charge in [-0.2, -0.15) is 5.26 Å². The summed E-state index contributed by atoms with van der Waals surface area (Å²) >= 11 is 0. The highest BCUT2D eigenvalue weighted by atomic mass is 16.5. The first kappa shape index (κ1) is 12.9. The van der Waals surface area contributed by atoms with Gasteiger partial charge in [0.25, 0.3) is 0 Å². The largest absolute Gasteiger partial charge is 0.465 e. The van der Waals surface area contributed by atoms with Crippen molar-refractivity contribution in [2.45, 2.75) is 6.92 Å². The van der Waals surface area contributed by atoms with E-state index in [4.69, 9.17) is 5.26 Å². The zero-order valence-electron chi connectivity index (χ0n) is 11.1. The second kappa shape index (κ2) is 4.99. The molecule has 0 spiro atoms. The summed E-state index contributed by atoms with van der Waals surface area (Å²) in [6.45, 7) is 1.96. The Morgan fingerprint density at radius 2 is 1.95 bits per heavy atom. The summed E-state index contributed by atoms with van der Waals surface area (Å²) in [6.07, 6.45) is 1.80. The maximum Gasteiger partial charge on any atom is 0.337 e. The van der Waals surface area contributed by atoms with Crippen LogP contribution in [0.4, 0.5) is 0 Å². The fourth-order valence-corrected chi connectivity index (χ4v) is 2.07. The van der Waals surface area contributed by atoms with E-state index >= 15 is 0 Å². The summed E-state index contributed by atoms with van der Waals surface area (Å²) in [5.74, 6) is -0.364. The molecule has 2 aromatic rings. The van der Waals surface area contributed by atoms with Crippen LogP contribution in [0.15, 0.2) is 30.5 Å². The molecule has 0 atom stereocenters. The number of carbonyl (C=O) groups is 1. The first-order valence-electron chi connectivity index (χ1n) is 5.83. The molecular formula is C15H14N2O2. The van der Waals surface area contributed by atoms with E-state index in [0.29, 0.717) is 11.1 Å². The van der Waals surface area contributed by atoms with Crippen LogP contribution < -0.4 is 0 Å². The summed E-state index contributed by atoms with van der Waals surface area (Å²) in [4.78, 5) is 11.4. The molecule has 1 aromatic carbocycles. The fourth-order valence-electron chi connectivity index (χ4n) is 2.07. The van der Waals surface area contributed by atoms with Crippen molar-refractivity contribution in [3.63, 3.8) is 0 Å². The van der Waals surface area contributed by atoms with Gasteiger partial charge in [-0.15, -0.1) is 0 Å². The third-order valence-electron chi connectivity index (χ3n) is 3.20. The normalized spacial score (nSPS) is 10.0. The van der Waals surface area contributed by atoms with Crippen molar-refractivity contribution in [1.29, 1.82) is 5.26 Å². The molecule has 0 aliphatic carbocycles. The third-order valence-corrected chi connectivity index (χ3v) is 3.20. The SMILES string of the molecule is COC(=O)c1ccc(-c2c(C#N)cn(C)c2C)cc1. The van der Waals surface area contributed by atoms with E-state index in [1.54, 1.807) is 18.3 Å². The molecule has 0 amide bonds. The van der Waals surface area contributed by atoms with Gasteiger partial charge in [0.1, 0.15) is 6.07 Å². The molecule has 0 unspecified atom stereocenters. The van der Waals surface area contributed by atoms with Crippen molar-refractivity contribution in [2.24, 2.45) is 7.05 Å². The van der Waals surface area contributed by atoms with Crippen molar-refractivity contribution < 1.29 is 9.53 Å². The molecule has 1 heterocycles. The van der Waals surface area contributed by atoms with Gasteiger partial charge in [0.05, 0.1) is 18.2 Å². The maximum absolute atomic E-state index is 11.4. The van der Waals surface area contributed by atoms with Crippen LogP contribution in [-0.4, -0.2) is 17.6 Å². The van der Waals surface area contributed by atoms with Gasteiger partial charge in [0.15, 0.2) is 0 Å². The molecule has 1 aromatic heterocycles. The first-order chi connectivity index (χ1) is 9.08. The third kappa shape index (κ3) is 2.23. The van der Waals surface area contributed by atoms with E-state index in [1.807, 2.05) is 30.7 Å². The molecule has 19 heavy (non-hydrogen) atoms. The minimum Gasteiger partial charge on any atom is -0.465 e. The molecule has 96 valence electrons. The highest BCUT2D eigenvalue weighted by Gasteiger charge is 2.13. The van der Waals surface area contributed by atoms with E-state index in [0.717, 1.165) is 16.8 Å². The van der Waals surface area contributed by atoms with Gasteiger partial charge in [-0.05, 0) is 24.6 Å². The zero-order chi connectivity index (χ0) is 14.0. The van der Waals surface area contributed by atoms with Crippen molar-refractivity contribution in [3.8, 4) is 17.2 Å². The van der Waals surface area contributed by atoms with Gasteiger partial charge < -0.3 is 9.30 Å². The molecule has 0 saturated heterocycles. The number of ether oxygens (including phenoxy) is 1. The summed E-state index contributed by atoms with van der Waals surface area (Å²) in [5.41, 5.74) is 3.97. The number of carbonyl (C=O) groups excluding carboxylic acids is 1. The Morgan fingerprint density at radius 1 is 1.32 bits per heavy atom. The highest BCUT2D eigenvalue weighted by Crippen LogP contribution is 2.28. The average molecular weight is 254 g/mol. The number of hydrogen-bond donors (Lipinski definition) is 0. The zero-order valence-corrected chi connectivity index (χ0v) is 11.1. The predicted molar refractivity (Wildman–Crippen MR) is 71.6 cm³/mol. The topological polar surface area (TPSA) is 55.0 Å². The Hall–Kier alpha value is -2.54. The number of aryl methyl sites for hydroxylation is 1. The Kier molecular flexibility index (Phi) is 3.39. The molecule has 0 aliphatic heterocycles. The van der Waals surface area contributed by atoms with Gasteiger partial charge in [0.2, 0.25) is 0 Å². The lowest BCUT2D eigenvalue weighted by Gasteiger charge is -2.04. The number of benzene rings is 1.